The zero-order valence-corrected chi connectivity index (χ0v) is 11.0. The Morgan fingerprint density at radius 3 is 1.75 bits per heavy atom. The maximum Gasteiger partial charge on any atom is 0.414 e. The lowest BCUT2D eigenvalue weighted by molar-refractivity contribution is -0.304. The number of alkyl halides is 6. The van der Waals surface area contributed by atoms with Gasteiger partial charge in [-0.2, -0.15) is 26.3 Å². The van der Waals surface area contributed by atoms with Gasteiger partial charge >= 0.3 is 12.4 Å². The van der Waals surface area contributed by atoms with Crippen LogP contribution in [0.25, 0.3) is 5.57 Å². The van der Waals surface area contributed by atoms with Gasteiger partial charge in [-0.05, 0) is 21.5 Å². The molecule has 0 heterocycles. The Kier molecular flexibility index (Phi) is 3.27. The van der Waals surface area contributed by atoms with Crippen molar-refractivity contribution in [3.05, 3.63) is 40.4 Å². The average molecular weight is 359 g/mol. The molecule has 20 heavy (non-hydrogen) atoms. The fraction of sp³-hybridized carbons (Fsp3) is 0.250. The van der Waals surface area contributed by atoms with Gasteiger partial charge in [-0.15, -0.1) is 0 Å². The van der Waals surface area contributed by atoms with Gasteiger partial charge < -0.3 is 0 Å². The van der Waals surface area contributed by atoms with Crippen LogP contribution in [0.1, 0.15) is 5.56 Å². The van der Waals surface area contributed by atoms with E-state index in [9.17, 15) is 31.1 Å². The minimum absolute atomic E-state index is 0.298. The van der Waals surface area contributed by atoms with Gasteiger partial charge in [-0.25, -0.2) is 0 Å². The Bertz CT molecular complexity index is 570. The van der Waals surface area contributed by atoms with E-state index in [0.717, 1.165) is 12.1 Å². The molecular weight excluding hydrogens is 354 g/mol. The van der Waals surface area contributed by atoms with Crippen LogP contribution in [-0.4, -0.2) is 18.1 Å². The van der Waals surface area contributed by atoms with Gasteiger partial charge in [0.25, 0.3) is 5.41 Å². The van der Waals surface area contributed by atoms with E-state index in [0.29, 0.717) is 0 Å². The van der Waals surface area contributed by atoms with Gasteiger partial charge in [0.05, 0.1) is 4.48 Å². The number of halogens is 7. The van der Waals surface area contributed by atoms with Crippen LogP contribution in [0.2, 0.25) is 0 Å². The topological polar surface area (TPSA) is 17.1 Å². The van der Waals surface area contributed by atoms with Crippen LogP contribution in [0, 0.1) is 5.41 Å². The monoisotopic (exact) mass is 358 g/mol. The smallest absolute Gasteiger partial charge is 0.292 e. The number of hydrogen-bond donors (Lipinski definition) is 0. The van der Waals surface area contributed by atoms with Crippen molar-refractivity contribution in [2.24, 2.45) is 5.41 Å². The number of allylic oxidation sites excluding steroid dienone is 2. The third-order valence-electron chi connectivity index (χ3n) is 3.05. The summed E-state index contributed by atoms with van der Waals surface area (Å²) in [5.74, 6) is -2.02. The van der Waals surface area contributed by atoms with E-state index in [1.54, 1.807) is 0 Å². The van der Waals surface area contributed by atoms with E-state index in [4.69, 9.17) is 0 Å². The molecule has 8 heteroatoms. The zero-order chi connectivity index (χ0) is 15.3. The van der Waals surface area contributed by atoms with Crippen molar-refractivity contribution in [1.29, 1.82) is 0 Å². The molecule has 1 aromatic rings. The fourth-order valence-electron chi connectivity index (χ4n) is 2.14. The Morgan fingerprint density at radius 2 is 1.35 bits per heavy atom. The average Bonchev–Trinajstić information content (AvgIpc) is 2.32. The lowest BCUT2D eigenvalue weighted by Crippen LogP contribution is -2.61. The Hall–Kier alpha value is -1.31. The van der Waals surface area contributed by atoms with Crippen molar-refractivity contribution in [3.8, 4) is 0 Å². The summed E-state index contributed by atoms with van der Waals surface area (Å²) in [4.78, 5) is 11.4. The summed E-state index contributed by atoms with van der Waals surface area (Å²) in [6.45, 7) is 0. The summed E-state index contributed by atoms with van der Waals surface area (Å²) >= 11 is 2.52. The van der Waals surface area contributed by atoms with E-state index < -0.39 is 33.6 Å². The highest BCUT2D eigenvalue weighted by Crippen LogP contribution is 2.66. The first kappa shape index (κ1) is 15.1. The van der Waals surface area contributed by atoms with Gasteiger partial charge in [0, 0.05) is 5.57 Å². The first-order chi connectivity index (χ1) is 9.05. The lowest BCUT2D eigenvalue weighted by Gasteiger charge is -2.44. The van der Waals surface area contributed by atoms with Crippen LogP contribution in [0.15, 0.2) is 34.8 Å². The van der Waals surface area contributed by atoms with E-state index in [1.807, 2.05) is 0 Å². The normalized spacial score (nSPS) is 19.1. The van der Waals surface area contributed by atoms with Crippen molar-refractivity contribution < 1.29 is 31.1 Å². The standard InChI is InChI=1S/C12H5BrF6O/c13-8-7(6-4-2-1-3-5-6)10(9(8)20,11(14,15)16)12(17,18)19/h1-5H. The number of carbonyl (C=O) groups is 1. The summed E-state index contributed by atoms with van der Waals surface area (Å²) in [7, 11) is 0. The molecule has 0 spiro atoms. The van der Waals surface area contributed by atoms with Gasteiger partial charge in [0.2, 0.25) is 0 Å². The van der Waals surface area contributed by atoms with Crippen LogP contribution < -0.4 is 0 Å². The maximum atomic E-state index is 13.0. The van der Waals surface area contributed by atoms with E-state index in [-0.39, 0.29) is 5.56 Å². The predicted octanol–water partition coefficient (Wildman–Crippen LogP) is 4.49. The largest absolute Gasteiger partial charge is 0.414 e. The molecule has 0 saturated heterocycles. The van der Waals surface area contributed by atoms with Gasteiger partial charge in [0.1, 0.15) is 0 Å². The number of rotatable bonds is 1. The highest BCUT2D eigenvalue weighted by molar-refractivity contribution is 9.12. The first-order valence-corrected chi connectivity index (χ1v) is 5.98. The molecule has 0 aliphatic heterocycles. The van der Waals surface area contributed by atoms with Crippen LogP contribution >= 0.6 is 15.9 Å². The molecule has 0 fully saturated rings. The molecule has 2 rings (SSSR count). The number of Topliss-reactive ketones (excluding diaryl/α,β-unsaturated/α-hetero) is 1. The number of carbonyl (C=O) groups excluding carboxylic acids is 1. The Labute approximate surface area is 117 Å². The maximum absolute atomic E-state index is 13.0. The summed E-state index contributed by atoms with van der Waals surface area (Å²) in [5.41, 5.74) is -5.85. The molecule has 0 bridgehead atoms. The number of hydrogen-bond acceptors (Lipinski definition) is 1. The second kappa shape index (κ2) is 4.34. The minimum Gasteiger partial charge on any atom is -0.292 e. The number of ketones is 1. The molecule has 1 aliphatic carbocycles. The highest BCUT2D eigenvalue weighted by Gasteiger charge is 2.82. The molecule has 0 N–H and O–H groups in total. The van der Waals surface area contributed by atoms with Gasteiger partial charge in [-0.3, -0.25) is 4.79 Å². The zero-order valence-electron chi connectivity index (χ0n) is 9.44. The quantitative estimate of drug-likeness (QED) is 0.676. The van der Waals surface area contributed by atoms with Crippen molar-refractivity contribution in [1.82, 2.24) is 0 Å². The molecule has 0 aromatic heterocycles. The highest BCUT2D eigenvalue weighted by atomic mass is 79.9. The molecule has 108 valence electrons. The second-order valence-corrected chi connectivity index (χ2v) is 4.92. The second-order valence-electron chi connectivity index (χ2n) is 4.13. The molecule has 1 aromatic carbocycles. The molecule has 0 atom stereocenters. The van der Waals surface area contributed by atoms with E-state index >= 15 is 0 Å². The SMILES string of the molecule is O=C1C(Br)=C(c2ccccc2)C1(C(F)(F)F)C(F)(F)F. The van der Waals surface area contributed by atoms with Crippen molar-refractivity contribution >= 4 is 27.3 Å². The number of benzene rings is 1. The summed E-state index contributed by atoms with van der Waals surface area (Å²) in [5, 5.41) is 0. The summed E-state index contributed by atoms with van der Waals surface area (Å²) < 4.78 is 77.4. The van der Waals surface area contributed by atoms with Crippen LogP contribution in [-0.2, 0) is 4.79 Å². The third-order valence-corrected chi connectivity index (χ3v) is 3.80. The Morgan fingerprint density at radius 1 is 0.900 bits per heavy atom. The molecule has 0 amide bonds. The molecule has 0 unspecified atom stereocenters. The van der Waals surface area contributed by atoms with E-state index in [1.165, 1.54) is 18.2 Å². The third kappa shape index (κ3) is 1.73. The van der Waals surface area contributed by atoms with Crippen LogP contribution in [0.3, 0.4) is 0 Å². The Balaban J connectivity index is 2.76. The lowest BCUT2D eigenvalue weighted by atomic mass is 9.63. The van der Waals surface area contributed by atoms with Gasteiger partial charge in [-0.1, -0.05) is 30.3 Å². The molecule has 0 saturated carbocycles. The summed E-state index contributed by atoms with van der Waals surface area (Å²) in [6.07, 6.45) is -11.5. The molecule has 0 radical (unpaired) electrons. The summed E-state index contributed by atoms with van der Waals surface area (Å²) in [6, 6.07) is 6.22. The molecule has 1 nitrogen and oxygen atoms in total. The van der Waals surface area contributed by atoms with Crippen molar-refractivity contribution in [2.45, 2.75) is 12.4 Å². The molecular formula is C12H5BrF6O. The van der Waals surface area contributed by atoms with Gasteiger partial charge in [0.15, 0.2) is 5.78 Å². The molecule has 1 aliphatic rings. The van der Waals surface area contributed by atoms with Crippen LogP contribution in [0.5, 0.6) is 0 Å². The van der Waals surface area contributed by atoms with Crippen molar-refractivity contribution in [2.75, 3.05) is 0 Å². The first-order valence-electron chi connectivity index (χ1n) is 5.19. The van der Waals surface area contributed by atoms with Crippen molar-refractivity contribution in [3.63, 3.8) is 0 Å². The van der Waals surface area contributed by atoms with E-state index in [2.05, 4.69) is 15.9 Å². The fourth-order valence-corrected chi connectivity index (χ4v) is 2.97. The van der Waals surface area contributed by atoms with Crippen LogP contribution in [0.4, 0.5) is 26.3 Å². The minimum atomic E-state index is -5.76. The predicted molar refractivity (Wildman–Crippen MR) is 61.8 cm³/mol.